The highest BCUT2D eigenvalue weighted by Gasteiger charge is 2.13. The molecule has 0 aliphatic heterocycles. The third-order valence-electron chi connectivity index (χ3n) is 4.08. The molecule has 1 N–H and O–H groups in total. The minimum Gasteiger partial charge on any atom is -0.488 e. The molecule has 120 valence electrons. The van der Waals surface area contributed by atoms with E-state index in [4.69, 9.17) is 9.26 Å². The van der Waals surface area contributed by atoms with E-state index in [9.17, 15) is 0 Å². The summed E-state index contributed by atoms with van der Waals surface area (Å²) in [7, 11) is 0. The number of rotatable bonds is 4. The van der Waals surface area contributed by atoms with Gasteiger partial charge in [0.2, 0.25) is 0 Å². The molecular weight excluding hydrogens is 302 g/mol. The van der Waals surface area contributed by atoms with Gasteiger partial charge in [-0.3, -0.25) is 0 Å². The quantitative estimate of drug-likeness (QED) is 0.605. The van der Waals surface area contributed by atoms with E-state index in [0.717, 1.165) is 45.2 Å². The summed E-state index contributed by atoms with van der Waals surface area (Å²) < 4.78 is 11.2. The van der Waals surface area contributed by atoms with Crippen molar-refractivity contribution in [2.24, 2.45) is 0 Å². The molecule has 0 unspecified atom stereocenters. The lowest BCUT2D eigenvalue weighted by molar-refractivity contribution is 0.303. The molecule has 24 heavy (non-hydrogen) atoms. The average molecular weight is 319 g/mol. The fraction of sp³-hybridized carbons (Fsp3) is 0.158. The van der Waals surface area contributed by atoms with Gasteiger partial charge in [-0.15, -0.1) is 0 Å². The van der Waals surface area contributed by atoms with E-state index in [0.29, 0.717) is 6.61 Å². The molecule has 0 bridgehead atoms. The molecule has 0 saturated carbocycles. The highest BCUT2D eigenvalue weighted by molar-refractivity contribution is 5.80. The summed E-state index contributed by atoms with van der Waals surface area (Å²) in [6.45, 7) is 4.22. The number of hydrogen-bond donors (Lipinski definition) is 1. The number of fused-ring (bicyclic) bond motifs is 1. The zero-order valence-electron chi connectivity index (χ0n) is 13.5. The molecule has 0 fully saturated rings. The van der Waals surface area contributed by atoms with Crippen molar-refractivity contribution in [2.45, 2.75) is 20.5 Å². The predicted octanol–water partition coefficient (Wildman–Crippen LogP) is 4.41. The van der Waals surface area contributed by atoms with Gasteiger partial charge in [-0.2, -0.15) is 0 Å². The molecule has 2 aromatic heterocycles. The van der Waals surface area contributed by atoms with Crippen LogP contribution >= 0.6 is 0 Å². The van der Waals surface area contributed by atoms with E-state index in [2.05, 4.69) is 15.1 Å². The number of benzene rings is 2. The SMILES string of the molecule is Cc1noc(C)c1COc1ccccc1-c1nc2ccccc2[nH]1. The molecular formula is C19H17N3O2. The van der Waals surface area contributed by atoms with E-state index in [1.54, 1.807) is 0 Å². The Bertz CT molecular complexity index is 948. The van der Waals surface area contributed by atoms with Gasteiger partial charge >= 0.3 is 0 Å². The molecule has 2 aromatic carbocycles. The number of hydrogen-bond acceptors (Lipinski definition) is 4. The smallest absolute Gasteiger partial charge is 0.142 e. The number of nitrogens with one attached hydrogen (secondary N) is 1. The zero-order valence-corrected chi connectivity index (χ0v) is 13.5. The lowest BCUT2D eigenvalue weighted by Gasteiger charge is -2.09. The first-order valence-electron chi connectivity index (χ1n) is 7.81. The van der Waals surface area contributed by atoms with Gasteiger partial charge in [0.05, 0.1) is 27.9 Å². The number of ether oxygens (including phenoxy) is 1. The van der Waals surface area contributed by atoms with Crippen molar-refractivity contribution in [1.82, 2.24) is 15.1 Å². The average Bonchev–Trinajstić information content (AvgIpc) is 3.17. The van der Waals surface area contributed by atoms with Gasteiger partial charge in [0.15, 0.2) is 0 Å². The van der Waals surface area contributed by atoms with Crippen LogP contribution in [0, 0.1) is 13.8 Å². The normalized spacial score (nSPS) is 11.1. The maximum absolute atomic E-state index is 6.03. The molecule has 5 heteroatoms. The maximum Gasteiger partial charge on any atom is 0.142 e. The second-order valence-corrected chi connectivity index (χ2v) is 5.69. The van der Waals surface area contributed by atoms with Crippen molar-refractivity contribution in [1.29, 1.82) is 0 Å². The van der Waals surface area contributed by atoms with Crippen molar-refractivity contribution >= 4 is 11.0 Å². The predicted molar refractivity (Wildman–Crippen MR) is 91.8 cm³/mol. The van der Waals surface area contributed by atoms with Gasteiger partial charge in [0.25, 0.3) is 0 Å². The fourth-order valence-corrected chi connectivity index (χ4v) is 2.73. The minimum absolute atomic E-state index is 0.415. The summed E-state index contributed by atoms with van der Waals surface area (Å²) in [6.07, 6.45) is 0. The molecule has 2 heterocycles. The van der Waals surface area contributed by atoms with Crippen LogP contribution in [0.2, 0.25) is 0 Å². The van der Waals surface area contributed by atoms with Crippen LogP contribution in [0.15, 0.2) is 53.1 Å². The maximum atomic E-state index is 6.03. The van der Waals surface area contributed by atoms with Gasteiger partial charge in [-0.1, -0.05) is 29.4 Å². The van der Waals surface area contributed by atoms with Gasteiger partial charge in [0, 0.05) is 0 Å². The molecule has 0 aliphatic rings. The van der Waals surface area contributed by atoms with Crippen LogP contribution in [0.3, 0.4) is 0 Å². The lowest BCUT2D eigenvalue weighted by Crippen LogP contribution is -1.99. The Morgan fingerprint density at radius 3 is 2.62 bits per heavy atom. The van der Waals surface area contributed by atoms with Crippen molar-refractivity contribution in [3.05, 3.63) is 65.5 Å². The third-order valence-corrected chi connectivity index (χ3v) is 4.08. The van der Waals surface area contributed by atoms with Crippen LogP contribution in [0.25, 0.3) is 22.4 Å². The first-order valence-corrected chi connectivity index (χ1v) is 7.81. The highest BCUT2D eigenvalue weighted by Crippen LogP contribution is 2.30. The first-order chi connectivity index (χ1) is 11.7. The Morgan fingerprint density at radius 2 is 1.83 bits per heavy atom. The molecule has 4 rings (SSSR count). The van der Waals surface area contributed by atoms with Crippen molar-refractivity contribution in [2.75, 3.05) is 0 Å². The van der Waals surface area contributed by atoms with Crippen molar-refractivity contribution in [3.63, 3.8) is 0 Å². The second-order valence-electron chi connectivity index (χ2n) is 5.69. The van der Waals surface area contributed by atoms with Crippen LogP contribution in [-0.2, 0) is 6.61 Å². The number of imidazole rings is 1. The monoisotopic (exact) mass is 319 g/mol. The van der Waals surface area contributed by atoms with Gasteiger partial charge in [-0.25, -0.2) is 4.98 Å². The largest absolute Gasteiger partial charge is 0.488 e. The number of aryl methyl sites for hydroxylation is 2. The van der Waals surface area contributed by atoms with E-state index >= 15 is 0 Å². The Kier molecular flexibility index (Phi) is 3.54. The van der Waals surface area contributed by atoms with Gasteiger partial charge < -0.3 is 14.2 Å². The summed E-state index contributed by atoms with van der Waals surface area (Å²) >= 11 is 0. The van der Waals surface area contributed by atoms with Gasteiger partial charge in [-0.05, 0) is 38.1 Å². The molecule has 0 aliphatic carbocycles. The first kappa shape index (κ1) is 14.5. The number of H-pyrrole nitrogens is 1. The summed E-state index contributed by atoms with van der Waals surface area (Å²) in [5.41, 5.74) is 4.71. The highest BCUT2D eigenvalue weighted by atomic mass is 16.5. The minimum atomic E-state index is 0.415. The molecule has 5 nitrogen and oxygen atoms in total. The van der Waals surface area contributed by atoms with Crippen LogP contribution in [0.4, 0.5) is 0 Å². The molecule has 0 atom stereocenters. The Labute approximate surface area is 139 Å². The van der Waals surface area contributed by atoms with Crippen LogP contribution in [0.5, 0.6) is 5.75 Å². The summed E-state index contributed by atoms with van der Waals surface area (Å²) in [4.78, 5) is 8.00. The third kappa shape index (κ3) is 2.54. The topological polar surface area (TPSA) is 63.9 Å². The van der Waals surface area contributed by atoms with E-state index in [1.807, 2.05) is 62.4 Å². The Balaban J connectivity index is 1.67. The number of para-hydroxylation sites is 3. The zero-order chi connectivity index (χ0) is 16.5. The van der Waals surface area contributed by atoms with Crippen molar-refractivity contribution in [3.8, 4) is 17.1 Å². The number of aromatic nitrogens is 3. The Hall–Kier alpha value is -3.08. The second kappa shape index (κ2) is 5.85. The van der Waals surface area contributed by atoms with E-state index < -0.39 is 0 Å². The molecule has 4 aromatic rings. The number of aromatic amines is 1. The summed E-state index contributed by atoms with van der Waals surface area (Å²) in [6, 6.07) is 15.8. The van der Waals surface area contributed by atoms with E-state index in [1.165, 1.54) is 0 Å². The molecule has 0 amide bonds. The lowest BCUT2D eigenvalue weighted by atomic mass is 10.2. The fourth-order valence-electron chi connectivity index (χ4n) is 2.73. The molecule has 0 saturated heterocycles. The van der Waals surface area contributed by atoms with Crippen molar-refractivity contribution < 1.29 is 9.26 Å². The van der Waals surface area contributed by atoms with Crippen LogP contribution in [-0.4, -0.2) is 15.1 Å². The standard InChI is InChI=1S/C19H17N3O2/c1-12-15(13(2)24-22-12)11-23-18-10-6-3-7-14(18)19-20-16-8-4-5-9-17(16)21-19/h3-10H,11H2,1-2H3,(H,20,21). The van der Waals surface area contributed by atoms with Crippen LogP contribution < -0.4 is 4.74 Å². The molecule has 0 spiro atoms. The molecule has 0 radical (unpaired) electrons. The number of nitrogens with zero attached hydrogens (tertiary/aromatic N) is 2. The van der Waals surface area contributed by atoms with Crippen LogP contribution in [0.1, 0.15) is 17.0 Å². The summed E-state index contributed by atoms with van der Waals surface area (Å²) in [5, 5.41) is 3.96. The Morgan fingerprint density at radius 1 is 1.04 bits per heavy atom. The van der Waals surface area contributed by atoms with Gasteiger partial charge in [0.1, 0.15) is 23.9 Å². The van der Waals surface area contributed by atoms with E-state index in [-0.39, 0.29) is 0 Å². The summed E-state index contributed by atoms with van der Waals surface area (Å²) in [5.74, 6) is 2.36.